The number of hydrogen-bond acceptors (Lipinski definition) is 5. The molecule has 1 aromatic heterocycles. The summed E-state index contributed by atoms with van der Waals surface area (Å²) in [6.45, 7) is -0.313. The van der Waals surface area contributed by atoms with Gasteiger partial charge in [-0.3, -0.25) is 4.79 Å². The topological polar surface area (TPSA) is 77.3 Å². The Morgan fingerprint density at radius 1 is 1.00 bits per heavy atom. The maximum atomic E-state index is 12.6. The Kier molecular flexibility index (Phi) is 6.40. The molecule has 1 aliphatic rings. The zero-order chi connectivity index (χ0) is 21.6. The van der Waals surface area contributed by atoms with Crippen molar-refractivity contribution in [1.82, 2.24) is 19.7 Å². The molecule has 1 amide bonds. The quantitative estimate of drug-likeness (QED) is 0.568. The normalized spacial score (nSPS) is 14.2. The van der Waals surface area contributed by atoms with E-state index in [0.29, 0.717) is 5.82 Å². The van der Waals surface area contributed by atoms with Crippen LogP contribution in [0.3, 0.4) is 0 Å². The summed E-state index contributed by atoms with van der Waals surface area (Å²) < 4.78 is 6.89. The molecule has 160 valence electrons. The summed E-state index contributed by atoms with van der Waals surface area (Å²) in [6.07, 6.45) is 5.47. The summed E-state index contributed by atoms with van der Waals surface area (Å²) in [5.74, 6) is -0.455. The first-order chi connectivity index (χ1) is 15.1. The highest BCUT2D eigenvalue weighted by Crippen LogP contribution is 2.23. The van der Waals surface area contributed by atoms with Crippen molar-refractivity contribution in [2.45, 2.75) is 38.1 Å². The standard InChI is InChI=1S/C24H26N4O3/c1-27(19-13-7-3-8-14-19)21(29)17-31-24(30)22-25-23(18-11-5-2-6-12-18)28(26-22)20-15-9-4-10-16-20/h2,4-6,9-12,15-16,19H,3,7-8,13-14,17H2,1H3. The van der Waals surface area contributed by atoms with Crippen molar-refractivity contribution in [3.63, 3.8) is 0 Å². The molecule has 0 aliphatic heterocycles. The molecule has 0 bridgehead atoms. The molecule has 2 aromatic carbocycles. The van der Waals surface area contributed by atoms with E-state index in [-0.39, 0.29) is 24.4 Å². The maximum Gasteiger partial charge on any atom is 0.378 e. The van der Waals surface area contributed by atoms with Gasteiger partial charge in [0.2, 0.25) is 0 Å². The number of hydrogen-bond donors (Lipinski definition) is 0. The maximum absolute atomic E-state index is 12.6. The molecule has 1 heterocycles. The number of carbonyl (C=O) groups excluding carboxylic acids is 2. The number of aromatic nitrogens is 3. The lowest BCUT2D eigenvalue weighted by Crippen LogP contribution is -2.40. The van der Waals surface area contributed by atoms with Crippen LogP contribution in [0.15, 0.2) is 60.7 Å². The number of rotatable bonds is 6. The Hall–Kier alpha value is -3.48. The summed E-state index contributed by atoms with van der Waals surface area (Å²) in [6, 6.07) is 19.2. The van der Waals surface area contributed by atoms with Crippen LogP contribution in [0.5, 0.6) is 0 Å². The summed E-state index contributed by atoms with van der Waals surface area (Å²) >= 11 is 0. The smallest absolute Gasteiger partial charge is 0.378 e. The molecule has 0 atom stereocenters. The highest BCUT2D eigenvalue weighted by molar-refractivity contribution is 5.88. The Morgan fingerprint density at radius 2 is 1.65 bits per heavy atom. The third-order valence-electron chi connectivity index (χ3n) is 5.67. The fourth-order valence-corrected chi connectivity index (χ4v) is 3.89. The first-order valence-corrected chi connectivity index (χ1v) is 10.6. The van der Waals surface area contributed by atoms with Gasteiger partial charge in [-0.2, -0.15) is 0 Å². The number of nitrogens with zero attached hydrogens (tertiary/aromatic N) is 4. The predicted octanol–water partition coefficient (Wildman–Crippen LogP) is 3.88. The summed E-state index contributed by atoms with van der Waals surface area (Å²) in [5, 5.41) is 4.38. The lowest BCUT2D eigenvalue weighted by atomic mass is 9.94. The van der Waals surface area contributed by atoms with E-state index in [0.717, 1.165) is 36.9 Å². The molecule has 0 saturated heterocycles. The van der Waals surface area contributed by atoms with Crippen LogP contribution in [0.25, 0.3) is 17.1 Å². The van der Waals surface area contributed by atoms with Gasteiger partial charge < -0.3 is 9.64 Å². The number of amides is 1. The summed E-state index contributed by atoms with van der Waals surface area (Å²) in [4.78, 5) is 31.3. The second-order valence-electron chi connectivity index (χ2n) is 7.75. The number of likely N-dealkylation sites (N-methyl/N-ethyl adjacent to an activating group) is 1. The fourth-order valence-electron chi connectivity index (χ4n) is 3.89. The van der Waals surface area contributed by atoms with Crippen LogP contribution in [0, 0.1) is 0 Å². The van der Waals surface area contributed by atoms with Crippen molar-refractivity contribution in [2.75, 3.05) is 13.7 Å². The van der Waals surface area contributed by atoms with Crippen molar-refractivity contribution < 1.29 is 14.3 Å². The summed E-state index contributed by atoms with van der Waals surface area (Å²) in [7, 11) is 1.78. The number of esters is 1. The van der Waals surface area contributed by atoms with Crippen LogP contribution in [0.2, 0.25) is 0 Å². The lowest BCUT2D eigenvalue weighted by molar-refractivity contribution is -0.135. The van der Waals surface area contributed by atoms with Crippen molar-refractivity contribution in [1.29, 1.82) is 0 Å². The zero-order valence-corrected chi connectivity index (χ0v) is 17.6. The first-order valence-electron chi connectivity index (χ1n) is 10.6. The Bertz CT molecular complexity index is 970. The minimum absolute atomic E-state index is 0.0733. The molecular formula is C24H26N4O3. The Morgan fingerprint density at radius 3 is 2.32 bits per heavy atom. The second kappa shape index (κ2) is 9.55. The van der Waals surface area contributed by atoms with Gasteiger partial charge in [-0.1, -0.05) is 67.8 Å². The van der Waals surface area contributed by atoms with E-state index < -0.39 is 5.97 Å². The van der Waals surface area contributed by atoms with Gasteiger partial charge in [0.05, 0.1) is 5.69 Å². The molecule has 7 nitrogen and oxygen atoms in total. The van der Waals surface area contributed by atoms with Crippen molar-refractivity contribution >= 4 is 11.9 Å². The van der Waals surface area contributed by atoms with Crippen LogP contribution >= 0.6 is 0 Å². The molecule has 0 radical (unpaired) electrons. The highest BCUT2D eigenvalue weighted by Gasteiger charge is 2.25. The molecule has 1 aliphatic carbocycles. The minimum atomic E-state index is -0.711. The van der Waals surface area contributed by atoms with Gasteiger partial charge in [0.1, 0.15) is 0 Å². The lowest BCUT2D eigenvalue weighted by Gasteiger charge is -2.31. The van der Waals surface area contributed by atoms with Crippen LogP contribution < -0.4 is 0 Å². The summed E-state index contributed by atoms with van der Waals surface area (Å²) in [5.41, 5.74) is 1.60. The number of carbonyl (C=O) groups is 2. The van der Waals surface area contributed by atoms with Gasteiger partial charge >= 0.3 is 5.97 Å². The van der Waals surface area contributed by atoms with Gasteiger partial charge in [-0.05, 0) is 25.0 Å². The predicted molar refractivity (Wildman–Crippen MR) is 117 cm³/mol. The molecule has 31 heavy (non-hydrogen) atoms. The van der Waals surface area contributed by atoms with Gasteiger partial charge in [0.15, 0.2) is 12.4 Å². The fraction of sp³-hybridized carbons (Fsp3) is 0.333. The van der Waals surface area contributed by atoms with Crippen molar-refractivity contribution in [3.05, 3.63) is 66.5 Å². The molecule has 7 heteroatoms. The van der Waals surface area contributed by atoms with Crippen molar-refractivity contribution in [3.8, 4) is 17.1 Å². The number of para-hydroxylation sites is 1. The average molecular weight is 418 g/mol. The van der Waals surface area contributed by atoms with E-state index >= 15 is 0 Å². The monoisotopic (exact) mass is 418 g/mol. The second-order valence-corrected chi connectivity index (χ2v) is 7.75. The molecule has 0 spiro atoms. The van der Waals surface area contributed by atoms with Gasteiger partial charge in [0.25, 0.3) is 11.7 Å². The average Bonchev–Trinajstić information content (AvgIpc) is 3.29. The molecular weight excluding hydrogens is 392 g/mol. The van der Waals surface area contributed by atoms with E-state index in [2.05, 4.69) is 10.1 Å². The van der Waals surface area contributed by atoms with Gasteiger partial charge in [-0.15, -0.1) is 5.10 Å². The molecule has 4 rings (SSSR count). The van der Waals surface area contributed by atoms with E-state index in [4.69, 9.17) is 4.74 Å². The Balaban J connectivity index is 1.50. The molecule has 1 saturated carbocycles. The highest BCUT2D eigenvalue weighted by atomic mass is 16.5. The zero-order valence-electron chi connectivity index (χ0n) is 17.6. The number of benzene rings is 2. The van der Waals surface area contributed by atoms with Crippen LogP contribution in [-0.4, -0.2) is 51.2 Å². The van der Waals surface area contributed by atoms with E-state index in [1.807, 2.05) is 60.7 Å². The molecule has 1 fully saturated rings. The third kappa shape index (κ3) is 4.82. The number of ether oxygens (including phenoxy) is 1. The largest absolute Gasteiger partial charge is 0.450 e. The van der Waals surface area contributed by atoms with Crippen LogP contribution in [0.1, 0.15) is 42.7 Å². The van der Waals surface area contributed by atoms with Crippen LogP contribution in [-0.2, 0) is 9.53 Å². The van der Waals surface area contributed by atoms with Crippen LogP contribution in [0.4, 0.5) is 0 Å². The molecule has 0 N–H and O–H groups in total. The third-order valence-corrected chi connectivity index (χ3v) is 5.67. The van der Waals surface area contributed by atoms with E-state index in [9.17, 15) is 9.59 Å². The Labute approximate surface area is 181 Å². The molecule has 3 aromatic rings. The minimum Gasteiger partial charge on any atom is -0.450 e. The van der Waals surface area contributed by atoms with Gasteiger partial charge in [-0.25, -0.2) is 14.5 Å². The first kappa shape index (κ1) is 20.8. The van der Waals surface area contributed by atoms with E-state index in [1.165, 1.54) is 6.42 Å². The molecule has 0 unspecified atom stereocenters. The van der Waals surface area contributed by atoms with Gasteiger partial charge in [0, 0.05) is 18.7 Å². The SMILES string of the molecule is CN(C(=O)COC(=O)c1nc(-c2ccccc2)n(-c2ccccc2)n1)C1CCCCC1. The van der Waals surface area contributed by atoms with E-state index in [1.54, 1.807) is 16.6 Å². The van der Waals surface area contributed by atoms with Crippen molar-refractivity contribution in [2.24, 2.45) is 0 Å².